The molecule has 1 unspecified atom stereocenters. The zero-order valence-electron chi connectivity index (χ0n) is 16.1. The molecule has 0 fully saturated rings. The molecule has 5 heteroatoms. The van der Waals surface area contributed by atoms with Crippen molar-refractivity contribution in [2.75, 3.05) is 20.1 Å². The van der Waals surface area contributed by atoms with Crippen LogP contribution in [-0.2, 0) is 11.0 Å². The molecule has 0 aliphatic carbocycles. The van der Waals surface area contributed by atoms with Crippen molar-refractivity contribution in [3.8, 4) is 0 Å². The summed E-state index contributed by atoms with van der Waals surface area (Å²) in [6.45, 7) is 7.63. The Morgan fingerprint density at radius 3 is 2.12 bits per heavy atom. The second-order valence-electron chi connectivity index (χ2n) is 7.42. The van der Waals surface area contributed by atoms with Gasteiger partial charge < -0.3 is 11.1 Å². The minimum absolute atomic E-state index is 0.0210. The number of rotatable bonds is 8. The lowest BCUT2D eigenvalue weighted by molar-refractivity contribution is 0.0963. The Morgan fingerprint density at radius 2 is 1.58 bits per heavy atom. The summed E-state index contributed by atoms with van der Waals surface area (Å²) in [5, 5.41) is 2.63. The molecule has 2 aromatic rings. The van der Waals surface area contributed by atoms with Crippen LogP contribution in [0.2, 0.25) is 0 Å². The Bertz CT molecular complexity index is 713. The average molecular weight is 354 g/mol. The van der Waals surface area contributed by atoms with Gasteiger partial charge in [0.15, 0.2) is 0 Å². The highest BCUT2D eigenvalue weighted by atomic mass is 16.1. The smallest absolute Gasteiger partial charge is 0.251 e. The van der Waals surface area contributed by atoms with Crippen LogP contribution in [0.15, 0.2) is 54.6 Å². The van der Waals surface area contributed by atoms with Gasteiger partial charge >= 0.3 is 0 Å². The van der Waals surface area contributed by atoms with E-state index < -0.39 is 5.54 Å². The molecule has 5 nitrogen and oxygen atoms in total. The van der Waals surface area contributed by atoms with Crippen molar-refractivity contribution in [1.29, 1.82) is 0 Å². The van der Waals surface area contributed by atoms with E-state index in [1.165, 1.54) is 5.56 Å². The first-order valence-electron chi connectivity index (χ1n) is 8.91. The number of hydrogen-bond acceptors (Lipinski definition) is 4. The number of hydrogen-bond donors (Lipinski definition) is 4. The van der Waals surface area contributed by atoms with Crippen LogP contribution in [0.3, 0.4) is 0 Å². The minimum Gasteiger partial charge on any atom is -0.355 e. The maximum Gasteiger partial charge on any atom is 0.251 e. The number of nitrogens with one attached hydrogen (secondary N) is 3. The first kappa shape index (κ1) is 20.1. The van der Waals surface area contributed by atoms with E-state index >= 15 is 0 Å². The van der Waals surface area contributed by atoms with Crippen LogP contribution < -0.4 is 21.9 Å². The molecular weight excluding hydrogens is 324 g/mol. The van der Waals surface area contributed by atoms with Gasteiger partial charge in [0.2, 0.25) is 0 Å². The Balaban J connectivity index is 2.04. The SMILES string of the molecule is CNC(=O)c1ccc(C(C)(CN)NNCC(C)(C)c2ccccc2)cc1. The van der Waals surface area contributed by atoms with Gasteiger partial charge in [-0.2, -0.15) is 0 Å². The maximum absolute atomic E-state index is 11.7. The topological polar surface area (TPSA) is 79.2 Å². The number of carbonyl (C=O) groups excluding carboxylic acids is 1. The molecular formula is C21H30N4O. The van der Waals surface area contributed by atoms with Crippen molar-refractivity contribution in [1.82, 2.24) is 16.2 Å². The Labute approximate surface area is 156 Å². The number of nitrogens with two attached hydrogens (primary N) is 1. The number of benzene rings is 2. The molecule has 26 heavy (non-hydrogen) atoms. The van der Waals surface area contributed by atoms with E-state index in [1.807, 2.05) is 37.3 Å². The van der Waals surface area contributed by atoms with Gasteiger partial charge in [0.05, 0.1) is 5.54 Å². The minimum atomic E-state index is -0.437. The molecule has 0 aliphatic heterocycles. The lowest BCUT2D eigenvalue weighted by Gasteiger charge is -2.33. The Kier molecular flexibility index (Phi) is 6.53. The molecule has 0 aliphatic rings. The van der Waals surface area contributed by atoms with Crippen LogP contribution >= 0.6 is 0 Å². The lowest BCUT2D eigenvalue weighted by atomic mass is 9.85. The molecule has 2 aromatic carbocycles. The first-order valence-corrected chi connectivity index (χ1v) is 8.91. The van der Waals surface area contributed by atoms with Crippen LogP contribution in [0.4, 0.5) is 0 Å². The predicted molar refractivity (Wildman–Crippen MR) is 107 cm³/mol. The fourth-order valence-electron chi connectivity index (χ4n) is 2.83. The van der Waals surface area contributed by atoms with Crippen LogP contribution in [-0.4, -0.2) is 26.0 Å². The molecule has 0 aromatic heterocycles. The summed E-state index contributed by atoms with van der Waals surface area (Å²) in [7, 11) is 1.63. The van der Waals surface area contributed by atoms with Crippen molar-refractivity contribution in [2.45, 2.75) is 31.7 Å². The fraction of sp³-hybridized carbons (Fsp3) is 0.381. The van der Waals surface area contributed by atoms with Crippen molar-refractivity contribution in [2.24, 2.45) is 5.73 Å². The molecule has 140 valence electrons. The van der Waals surface area contributed by atoms with E-state index in [4.69, 9.17) is 5.73 Å². The Hall–Kier alpha value is -2.21. The summed E-state index contributed by atoms with van der Waals surface area (Å²) in [4.78, 5) is 11.7. The third kappa shape index (κ3) is 4.69. The molecule has 0 bridgehead atoms. The summed E-state index contributed by atoms with van der Waals surface area (Å²) in [6.07, 6.45) is 0. The molecule has 5 N–H and O–H groups in total. The number of hydrazine groups is 1. The van der Waals surface area contributed by atoms with Crippen LogP contribution in [0.1, 0.15) is 42.3 Å². The average Bonchev–Trinajstić information content (AvgIpc) is 2.68. The van der Waals surface area contributed by atoms with Crippen LogP contribution in [0.25, 0.3) is 0 Å². The molecule has 0 heterocycles. The third-order valence-electron chi connectivity index (χ3n) is 4.87. The van der Waals surface area contributed by atoms with Gasteiger partial charge in [-0.3, -0.25) is 10.2 Å². The summed E-state index contributed by atoms with van der Waals surface area (Å²) in [5.74, 6) is -0.0957. The highest BCUT2D eigenvalue weighted by Gasteiger charge is 2.26. The van der Waals surface area contributed by atoms with Crippen molar-refractivity contribution < 1.29 is 4.79 Å². The zero-order valence-corrected chi connectivity index (χ0v) is 16.1. The highest BCUT2D eigenvalue weighted by Crippen LogP contribution is 2.23. The van der Waals surface area contributed by atoms with E-state index in [0.717, 1.165) is 12.1 Å². The number of amides is 1. The summed E-state index contributed by atoms with van der Waals surface area (Å²) in [5.41, 5.74) is 15.2. The second-order valence-corrected chi connectivity index (χ2v) is 7.42. The Morgan fingerprint density at radius 1 is 0.962 bits per heavy atom. The van der Waals surface area contributed by atoms with E-state index in [-0.39, 0.29) is 11.3 Å². The zero-order chi connectivity index (χ0) is 19.2. The number of carbonyl (C=O) groups is 1. The van der Waals surface area contributed by atoms with Crippen LogP contribution in [0, 0.1) is 0 Å². The van der Waals surface area contributed by atoms with E-state index in [0.29, 0.717) is 12.1 Å². The van der Waals surface area contributed by atoms with E-state index in [1.54, 1.807) is 7.05 Å². The van der Waals surface area contributed by atoms with Gasteiger partial charge in [-0.1, -0.05) is 56.3 Å². The van der Waals surface area contributed by atoms with Crippen LogP contribution in [0.5, 0.6) is 0 Å². The normalized spacial score (nSPS) is 13.9. The molecule has 1 atom stereocenters. The molecule has 2 rings (SSSR count). The maximum atomic E-state index is 11.7. The third-order valence-corrected chi connectivity index (χ3v) is 4.87. The van der Waals surface area contributed by atoms with Gasteiger partial charge in [0.25, 0.3) is 5.91 Å². The largest absolute Gasteiger partial charge is 0.355 e. The van der Waals surface area contributed by atoms with E-state index in [2.05, 4.69) is 54.3 Å². The summed E-state index contributed by atoms with van der Waals surface area (Å²) >= 11 is 0. The quantitative estimate of drug-likeness (QED) is 0.549. The summed E-state index contributed by atoms with van der Waals surface area (Å²) in [6, 6.07) is 17.9. The summed E-state index contributed by atoms with van der Waals surface area (Å²) < 4.78 is 0. The highest BCUT2D eigenvalue weighted by molar-refractivity contribution is 5.93. The standard InChI is InChI=1S/C21H30N4O/c1-20(2,17-8-6-5-7-9-17)15-24-25-21(3,14-22)18-12-10-16(11-13-18)19(26)23-4/h5-13,24-25H,14-15,22H2,1-4H3,(H,23,26). The second kappa shape index (κ2) is 8.45. The van der Waals surface area contributed by atoms with Gasteiger partial charge in [0.1, 0.15) is 0 Å². The first-order chi connectivity index (χ1) is 12.3. The molecule has 0 radical (unpaired) electrons. The fourth-order valence-corrected chi connectivity index (χ4v) is 2.83. The monoisotopic (exact) mass is 354 g/mol. The lowest BCUT2D eigenvalue weighted by Crippen LogP contribution is -2.54. The van der Waals surface area contributed by atoms with Crippen molar-refractivity contribution in [3.05, 3.63) is 71.3 Å². The molecule has 1 amide bonds. The molecule has 0 saturated carbocycles. The predicted octanol–water partition coefficient (Wildman–Crippen LogP) is 2.29. The molecule has 0 spiro atoms. The van der Waals surface area contributed by atoms with Gasteiger partial charge in [0, 0.05) is 31.1 Å². The van der Waals surface area contributed by atoms with Crippen molar-refractivity contribution >= 4 is 5.91 Å². The van der Waals surface area contributed by atoms with Gasteiger partial charge in [-0.25, -0.2) is 5.43 Å². The van der Waals surface area contributed by atoms with E-state index in [9.17, 15) is 4.79 Å². The van der Waals surface area contributed by atoms with Gasteiger partial charge in [-0.05, 0) is 30.2 Å². The van der Waals surface area contributed by atoms with Crippen molar-refractivity contribution in [3.63, 3.8) is 0 Å². The molecule has 0 saturated heterocycles. The van der Waals surface area contributed by atoms with Gasteiger partial charge in [-0.15, -0.1) is 0 Å².